The third kappa shape index (κ3) is 4.10. The van der Waals surface area contributed by atoms with E-state index in [4.69, 9.17) is 0 Å². The molecule has 0 aliphatic carbocycles. The Morgan fingerprint density at radius 1 is 1.03 bits per heavy atom. The Morgan fingerprint density at radius 2 is 1.90 bits per heavy atom. The molecule has 0 saturated carbocycles. The summed E-state index contributed by atoms with van der Waals surface area (Å²) in [6.07, 6.45) is 9.27. The third-order valence-electron chi connectivity index (χ3n) is 5.42. The molecule has 2 N–H and O–H groups in total. The van der Waals surface area contributed by atoms with E-state index in [-0.39, 0.29) is 0 Å². The van der Waals surface area contributed by atoms with Crippen molar-refractivity contribution < 1.29 is 0 Å². The average molecular weight is 413 g/mol. The fraction of sp³-hybridized carbons (Fsp3) is 0.217. The predicted octanol–water partition coefficient (Wildman–Crippen LogP) is 2.92. The summed E-state index contributed by atoms with van der Waals surface area (Å²) in [7, 11) is 1.90. The minimum atomic E-state index is 0.725. The zero-order chi connectivity index (χ0) is 21.2. The summed E-state index contributed by atoms with van der Waals surface area (Å²) >= 11 is 0. The van der Waals surface area contributed by atoms with Gasteiger partial charge >= 0.3 is 0 Å². The van der Waals surface area contributed by atoms with Crippen molar-refractivity contribution in [1.29, 1.82) is 0 Å². The summed E-state index contributed by atoms with van der Waals surface area (Å²) in [5.41, 5.74) is 4.67. The molecule has 5 rings (SSSR count). The van der Waals surface area contributed by atoms with Crippen LogP contribution < -0.4 is 15.5 Å². The number of nitrogens with one attached hydrogen (secondary N) is 2. The molecule has 0 aromatic carbocycles. The van der Waals surface area contributed by atoms with Crippen LogP contribution >= 0.6 is 0 Å². The van der Waals surface area contributed by atoms with Gasteiger partial charge in [-0.25, -0.2) is 9.97 Å². The lowest BCUT2D eigenvalue weighted by atomic mass is 10.1. The number of pyridine rings is 3. The quantitative estimate of drug-likeness (QED) is 0.521. The SMILES string of the molecule is C=C(Nc1cc2cc(-c3cnn(C)c3)cnc2cn1)c1ccnc(N2CCNCC2)c1. The van der Waals surface area contributed by atoms with Crippen LogP contribution in [0.15, 0.2) is 61.8 Å². The van der Waals surface area contributed by atoms with Gasteiger partial charge in [-0.1, -0.05) is 6.58 Å². The van der Waals surface area contributed by atoms with E-state index in [1.54, 1.807) is 10.9 Å². The van der Waals surface area contributed by atoms with Crippen LogP contribution in [0.5, 0.6) is 0 Å². The molecule has 0 spiro atoms. The molecule has 1 aliphatic rings. The summed E-state index contributed by atoms with van der Waals surface area (Å²) in [4.78, 5) is 15.9. The summed E-state index contributed by atoms with van der Waals surface area (Å²) < 4.78 is 1.78. The summed E-state index contributed by atoms with van der Waals surface area (Å²) in [6.45, 7) is 8.07. The molecule has 0 unspecified atom stereocenters. The van der Waals surface area contributed by atoms with E-state index in [2.05, 4.69) is 54.3 Å². The number of anilines is 2. The van der Waals surface area contributed by atoms with Gasteiger partial charge in [0, 0.05) is 79.6 Å². The smallest absolute Gasteiger partial charge is 0.131 e. The van der Waals surface area contributed by atoms with E-state index < -0.39 is 0 Å². The van der Waals surface area contributed by atoms with Crippen LogP contribution in [-0.4, -0.2) is 50.9 Å². The van der Waals surface area contributed by atoms with Gasteiger partial charge in [0.15, 0.2) is 0 Å². The van der Waals surface area contributed by atoms with Crippen LogP contribution in [0.1, 0.15) is 5.56 Å². The highest BCUT2D eigenvalue weighted by Gasteiger charge is 2.13. The second-order valence-electron chi connectivity index (χ2n) is 7.63. The fourth-order valence-electron chi connectivity index (χ4n) is 3.73. The zero-order valence-electron chi connectivity index (χ0n) is 17.4. The molecule has 4 aromatic rings. The van der Waals surface area contributed by atoms with Gasteiger partial charge in [-0.2, -0.15) is 5.10 Å². The maximum atomic E-state index is 4.54. The summed E-state index contributed by atoms with van der Waals surface area (Å²) in [5, 5.41) is 12.0. The van der Waals surface area contributed by atoms with Gasteiger partial charge in [-0.3, -0.25) is 9.67 Å². The molecule has 8 nitrogen and oxygen atoms in total. The van der Waals surface area contributed by atoms with Crippen LogP contribution in [0.25, 0.3) is 27.7 Å². The van der Waals surface area contributed by atoms with Gasteiger partial charge in [0.05, 0.1) is 17.9 Å². The van der Waals surface area contributed by atoms with E-state index in [9.17, 15) is 0 Å². The highest BCUT2D eigenvalue weighted by atomic mass is 15.2. The van der Waals surface area contributed by atoms with E-state index >= 15 is 0 Å². The maximum Gasteiger partial charge on any atom is 0.131 e. The standard InChI is InChI=1S/C23H24N8/c1-16(17-3-4-25-23(11-17)31-7-5-24-6-8-31)29-22-10-18-9-19(12-26-21(18)14-27-22)20-13-28-30(2)15-20/h3-4,9-15,24H,1,5-8H2,2H3,(H,27,29). The highest BCUT2D eigenvalue weighted by molar-refractivity contribution is 5.86. The highest BCUT2D eigenvalue weighted by Crippen LogP contribution is 2.25. The Labute approximate surface area is 180 Å². The Bertz CT molecular complexity index is 1240. The molecule has 0 amide bonds. The number of fused-ring (bicyclic) bond motifs is 1. The average Bonchev–Trinajstić information content (AvgIpc) is 3.25. The number of rotatable bonds is 5. The Kier molecular flexibility index (Phi) is 5.05. The van der Waals surface area contributed by atoms with Crippen molar-refractivity contribution in [2.24, 2.45) is 7.05 Å². The van der Waals surface area contributed by atoms with Crippen molar-refractivity contribution in [3.8, 4) is 11.1 Å². The topological polar surface area (TPSA) is 83.8 Å². The Balaban J connectivity index is 1.37. The van der Waals surface area contributed by atoms with Gasteiger partial charge in [-0.15, -0.1) is 0 Å². The normalized spacial score (nSPS) is 14.0. The minimum absolute atomic E-state index is 0.725. The molecule has 1 saturated heterocycles. The Morgan fingerprint density at radius 3 is 2.71 bits per heavy atom. The first-order valence-corrected chi connectivity index (χ1v) is 10.3. The largest absolute Gasteiger partial charge is 0.354 e. The van der Waals surface area contributed by atoms with E-state index in [1.165, 1.54) is 0 Å². The minimum Gasteiger partial charge on any atom is -0.354 e. The molecule has 4 aromatic heterocycles. The van der Waals surface area contributed by atoms with Crippen molar-refractivity contribution in [3.05, 3.63) is 67.4 Å². The molecule has 0 bridgehead atoms. The van der Waals surface area contributed by atoms with Crippen molar-refractivity contribution in [2.45, 2.75) is 0 Å². The lowest BCUT2D eigenvalue weighted by molar-refractivity contribution is 0.585. The number of nitrogens with zero attached hydrogens (tertiary/aromatic N) is 6. The number of aromatic nitrogens is 5. The molecule has 0 atom stereocenters. The molecule has 8 heteroatoms. The van der Waals surface area contributed by atoms with Crippen LogP contribution in [-0.2, 0) is 7.05 Å². The van der Waals surface area contributed by atoms with E-state index in [0.717, 1.165) is 71.1 Å². The summed E-state index contributed by atoms with van der Waals surface area (Å²) in [5.74, 6) is 1.70. The first kappa shape index (κ1) is 19.2. The molecule has 0 radical (unpaired) electrons. The van der Waals surface area contributed by atoms with Gasteiger partial charge in [0.2, 0.25) is 0 Å². The predicted molar refractivity (Wildman–Crippen MR) is 124 cm³/mol. The lowest BCUT2D eigenvalue weighted by Crippen LogP contribution is -2.43. The first-order valence-electron chi connectivity index (χ1n) is 10.3. The first-order chi connectivity index (χ1) is 15.2. The number of piperazine rings is 1. The third-order valence-corrected chi connectivity index (χ3v) is 5.42. The number of hydrogen-bond donors (Lipinski definition) is 2. The van der Waals surface area contributed by atoms with Crippen LogP contribution in [0.4, 0.5) is 11.6 Å². The van der Waals surface area contributed by atoms with Gasteiger partial charge in [0.25, 0.3) is 0 Å². The van der Waals surface area contributed by atoms with E-state index in [1.807, 2.05) is 44.0 Å². The van der Waals surface area contributed by atoms with Crippen molar-refractivity contribution >= 4 is 28.2 Å². The van der Waals surface area contributed by atoms with Crippen molar-refractivity contribution in [3.63, 3.8) is 0 Å². The second-order valence-corrected chi connectivity index (χ2v) is 7.63. The zero-order valence-corrected chi connectivity index (χ0v) is 17.4. The van der Waals surface area contributed by atoms with Crippen LogP contribution in [0, 0.1) is 0 Å². The lowest BCUT2D eigenvalue weighted by Gasteiger charge is -2.28. The maximum absolute atomic E-state index is 4.54. The van der Waals surface area contributed by atoms with E-state index in [0.29, 0.717) is 0 Å². The van der Waals surface area contributed by atoms with Gasteiger partial charge < -0.3 is 15.5 Å². The number of hydrogen-bond acceptors (Lipinski definition) is 7. The van der Waals surface area contributed by atoms with Crippen LogP contribution in [0.3, 0.4) is 0 Å². The molecule has 1 aliphatic heterocycles. The van der Waals surface area contributed by atoms with Gasteiger partial charge in [0.1, 0.15) is 11.6 Å². The summed E-state index contributed by atoms with van der Waals surface area (Å²) in [6, 6.07) is 8.13. The molecule has 156 valence electrons. The molecule has 31 heavy (non-hydrogen) atoms. The number of aryl methyl sites for hydroxylation is 1. The molecule has 5 heterocycles. The van der Waals surface area contributed by atoms with Crippen molar-refractivity contribution in [2.75, 3.05) is 36.4 Å². The second kappa shape index (κ2) is 8.16. The van der Waals surface area contributed by atoms with Gasteiger partial charge in [-0.05, 0) is 24.3 Å². The fourth-order valence-corrected chi connectivity index (χ4v) is 3.73. The molecule has 1 fully saturated rings. The monoisotopic (exact) mass is 412 g/mol. The Hall–Kier alpha value is -3.78. The van der Waals surface area contributed by atoms with Crippen molar-refractivity contribution in [1.82, 2.24) is 30.0 Å². The molecular formula is C23H24N8. The molecular weight excluding hydrogens is 388 g/mol. The van der Waals surface area contributed by atoms with Crippen LogP contribution in [0.2, 0.25) is 0 Å².